The molecular weight excluding hydrogens is 260 g/mol. The van der Waals surface area contributed by atoms with E-state index in [0.29, 0.717) is 21.4 Å². The number of nitrogens with zero attached hydrogens (tertiary/aromatic N) is 2. The average molecular weight is 267 g/mol. The number of aromatic nitrogens is 1. The number of hydrogen-bond acceptors (Lipinski definition) is 5. The minimum absolute atomic E-state index is 0.181. The van der Waals surface area contributed by atoms with Gasteiger partial charge in [0.15, 0.2) is 0 Å². The maximum atomic E-state index is 8.98. The van der Waals surface area contributed by atoms with Crippen molar-refractivity contribution in [1.29, 1.82) is 5.26 Å². The highest BCUT2D eigenvalue weighted by atomic mass is 35.5. The van der Waals surface area contributed by atoms with Gasteiger partial charge in [-0.1, -0.05) is 35.1 Å². The molecule has 2 rings (SSSR count). The third-order valence-corrected chi connectivity index (χ3v) is 3.32. The highest BCUT2D eigenvalue weighted by Gasteiger charge is 2.11. The van der Waals surface area contributed by atoms with Crippen LogP contribution in [0, 0.1) is 11.3 Å². The van der Waals surface area contributed by atoms with E-state index in [-0.39, 0.29) is 11.8 Å². The fourth-order valence-corrected chi connectivity index (χ4v) is 2.17. The molecule has 0 fully saturated rings. The van der Waals surface area contributed by atoms with Crippen LogP contribution in [0.1, 0.15) is 10.4 Å². The lowest BCUT2D eigenvalue weighted by Crippen LogP contribution is -1.86. The Balaban J connectivity index is 2.29. The highest BCUT2D eigenvalue weighted by Crippen LogP contribution is 2.32. The van der Waals surface area contributed by atoms with E-state index >= 15 is 0 Å². The van der Waals surface area contributed by atoms with Crippen molar-refractivity contribution in [3.05, 3.63) is 39.9 Å². The molecule has 0 aliphatic heterocycles. The SMILES string of the molecule is N#Cc1ccccc1Oc1nc(Cl)c(CO)s1. The zero-order valence-electron chi connectivity index (χ0n) is 8.55. The number of para-hydroxylation sites is 1. The van der Waals surface area contributed by atoms with Gasteiger partial charge >= 0.3 is 0 Å². The molecule has 1 aromatic carbocycles. The van der Waals surface area contributed by atoms with Gasteiger partial charge in [-0.3, -0.25) is 0 Å². The van der Waals surface area contributed by atoms with Crippen LogP contribution in [0.3, 0.4) is 0 Å². The molecule has 0 radical (unpaired) electrons. The molecule has 0 aliphatic rings. The zero-order valence-corrected chi connectivity index (χ0v) is 10.1. The molecule has 0 atom stereocenters. The van der Waals surface area contributed by atoms with E-state index in [0.717, 1.165) is 11.3 Å². The Kier molecular flexibility index (Phi) is 3.59. The second-order valence-corrected chi connectivity index (χ2v) is 4.47. The summed E-state index contributed by atoms with van der Waals surface area (Å²) in [6, 6.07) is 8.86. The standard InChI is InChI=1S/C11H7ClN2O2S/c12-10-9(6-15)17-11(14-10)16-8-4-2-1-3-7(8)5-13/h1-4,15H,6H2. The van der Waals surface area contributed by atoms with Gasteiger partial charge in [0.2, 0.25) is 0 Å². The van der Waals surface area contributed by atoms with Crippen LogP contribution in [0.5, 0.6) is 10.9 Å². The fourth-order valence-electron chi connectivity index (χ4n) is 1.20. The Morgan fingerprint density at radius 1 is 1.47 bits per heavy atom. The largest absolute Gasteiger partial charge is 0.429 e. The lowest BCUT2D eigenvalue weighted by atomic mass is 10.2. The summed E-state index contributed by atoms with van der Waals surface area (Å²) in [6.07, 6.45) is 0. The summed E-state index contributed by atoms with van der Waals surface area (Å²) in [5, 5.41) is 18.4. The molecule has 86 valence electrons. The van der Waals surface area contributed by atoms with Crippen molar-refractivity contribution < 1.29 is 9.84 Å². The van der Waals surface area contributed by atoms with Gasteiger partial charge in [-0.05, 0) is 12.1 Å². The van der Waals surface area contributed by atoms with Crippen LogP contribution in [0.2, 0.25) is 5.15 Å². The predicted octanol–water partition coefficient (Wildman–Crippen LogP) is 2.95. The lowest BCUT2D eigenvalue weighted by molar-refractivity contribution is 0.285. The smallest absolute Gasteiger partial charge is 0.280 e. The summed E-state index contributed by atoms with van der Waals surface area (Å²) >= 11 is 6.93. The van der Waals surface area contributed by atoms with Gasteiger partial charge in [0.05, 0.1) is 17.0 Å². The normalized spacial score (nSPS) is 9.94. The Bertz CT molecular complexity index is 577. The van der Waals surface area contributed by atoms with Crippen LogP contribution in [-0.4, -0.2) is 10.1 Å². The van der Waals surface area contributed by atoms with Crippen LogP contribution in [0.15, 0.2) is 24.3 Å². The molecule has 0 saturated carbocycles. The predicted molar refractivity (Wildman–Crippen MR) is 64.3 cm³/mol. The first-order valence-corrected chi connectivity index (χ1v) is 5.87. The molecule has 0 amide bonds. The fraction of sp³-hybridized carbons (Fsp3) is 0.0909. The van der Waals surface area contributed by atoms with E-state index in [4.69, 9.17) is 26.7 Å². The maximum absolute atomic E-state index is 8.98. The minimum atomic E-state index is -0.181. The van der Waals surface area contributed by atoms with Crippen molar-refractivity contribution >= 4 is 22.9 Å². The number of thiazole rings is 1. The number of nitriles is 1. The van der Waals surface area contributed by atoms with Gasteiger partial charge < -0.3 is 9.84 Å². The molecule has 1 heterocycles. The van der Waals surface area contributed by atoms with Gasteiger partial charge in [-0.2, -0.15) is 10.2 Å². The van der Waals surface area contributed by atoms with Crippen LogP contribution in [0.4, 0.5) is 0 Å². The first-order valence-electron chi connectivity index (χ1n) is 4.67. The van der Waals surface area contributed by atoms with E-state index in [1.807, 2.05) is 6.07 Å². The number of ether oxygens (including phenoxy) is 1. The number of benzene rings is 1. The van der Waals surface area contributed by atoms with Gasteiger partial charge in [0.1, 0.15) is 17.0 Å². The molecule has 1 aromatic heterocycles. The van der Waals surface area contributed by atoms with Crippen molar-refractivity contribution in [1.82, 2.24) is 4.98 Å². The summed E-state index contributed by atoms with van der Waals surface area (Å²) in [5.74, 6) is 0.421. The molecule has 0 spiro atoms. The molecule has 4 nitrogen and oxygen atoms in total. The van der Waals surface area contributed by atoms with Gasteiger partial charge in [-0.25, -0.2) is 0 Å². The average Bonchev–Trinajstić information content (AvgIpc) is 2.70. The zero-order chi connectivity index (χ0) is 12.3. The summed E-state index contributed by atoms with van der Waals surface area (Å²) in [4.78, 5) is 4.48. The number of aliphatic hydroxyl groups excluding tert-OH is 1. The summed E-state index contributed by atoms with van der Waals surface area (Å²) in [5.41, 5.74) is 0.421. The van der Waals surface area contributed by atoms with E-state index in [9.17, 15) is 0 Å². The summed E-state index contributed by atoms with van der Waals surface area (Å²) in [6.45, 7) is -0.181. The Labute approximate surface area is 107 Å². The molecular formula is C11H7ClN2O2S. The van der Waals surface area contributed by atoms with Crippen LogP contribution < -0.4 is 4.74 Å². The second-order valence-electron chi connectivity index (χ2n) is 3.06. The molecule has 2 aromatic rings. The quantitative estimate of drug-likeness (QED) is 0.927. The number of halogens is 1. The monoisotopic (exact) mass is 266 g/mol. The van der Waals surface area contributed by atoms with E-state index in [2.05, 4.69) is 4.98 Å². The number of aliphatic hydroxyl groups is 1. The molecule has 1 N–H and O–H groups in total. The molecule has 0 unspecified atom stereocenters. The maximum Gasteiger partial charge on any atom is 0.280 e. The number of rotatable bonds is 3. The highest BCUT2D eigenvalue weighted by molar-refractivity contribution is 7.13. The number of hydrogen-bond donors (Lipinski definition) is 1. The van der Waals surface area contributed by atoms with Crippen molar-refractivity contribution in [2.24, 2.45) is 0 Å². The molecule has 0 bridgehead atoms. The van der Waals surface area contributed by atoms with Gasteiger partial charge in [0, 0.05) is 0 Å². The third-order valence-electron chi connectivity index (χ3n) is 1.98. The third kappa shape index (κ3) is 2.56. The van der Waals surface area contributed by atoms with Crippen molar-refractivity contribution in [2.75, 3.05) is 0 Å². The van der Waals surface area contributed by atoms with Crippen molar-refractivity contribution in [2.45, 2.75) is 6.61 Å². The molecule has 17 heavy (non-hydrogen) atoms. The van der Waals surface area contributed by atoms with E-state index < -0.39 is 0 Å². The van der Waals surface area contributed by atoms with Crippen LogP contribution in [0.25, 0.3) is 0 Å². The first kappa shape index (κ1) is 11.9. The van der Waals surface area contributed by atoms with Crippen molar-refractivity contribution in [3.8, 4) is 17.0 Å². The Hall–Kier alpha value is -1.61. The molecule has 6 heteroatoms. The van der Waals surface area contributed by atoms with Crippen LogP contribution >= 0.6 is 22.9 Å². The molecule has 0 aliphatic carbocycles. The Morgan fingerprint density at radius 2 is 2.24 bits per heavy atom. The summed E-state index contributed by atoms with van der Waals surface area (Å²) in [7, 11) is 0. The van der Waals surface area contributed by atoms with Crippen molar-refractivity contribution in [3.63, 3.8) is 0 Å². The van der Waals surface area contributed by atoms with Gasteiger partial charge in [0.25, 0.3) is 5.19 Å². The lowest BCUT2D eigenvalue weighted by Gasteiger charge is -2.02. The Morgan fingerprint density at radius 3 is 2.88 bits per heavy atom. The molecule has 0 saturated heterocycles. The second kappa shape index (κ2) is 5.15. The topological polar surface area (TPSA) is 66.1 Å². The van der Waals surface area contributed by atoms with E-state index in [1.54, 1.807) is 24.3 Å². The van der Waals surface area contributed by atoms with Crippen LogP contribution in [-0.2, 0) is 6.61 Å². The first-order chi connectivity index (χ1) is 8.24. The van der Waals surface area contributed by atoms with Gasteiger partial charge in [-0.15, -0.1) is 0 Å². The summed E-state index contributed by atoms with van der Waals surface area (Å²) < 4.78 is 5.45. The van der Waals surface area contributed by atoms with E-state index in [1.165, 1.54) is 0 Å². The minimum Gasteiger partial charge on any atom is -0.429 e.